The molecule has 0 bridgehead atoms. The van der Waals surface area contributed by atoms with Crippen molar-refractivity contribution in [3.05, 3.63) is 28.5 Å². The first-order valence-electron chi connectivity index (χ1n) is 7.12. The van der Waals surface area contributed by atoms with Crippen LogP contribution in [-0.4, -0.2) is 38.2 Å². The number of aryl methyl sites for hydroxylation is 2. The minimum absolute atomic E-state index is 0.572. The third-order valence-corrected chi connectivity index (χ3v) is 4.23. The quantitative estimate of drug-likeness (QED) is 0.809. The van der Waals surface area contributed by atoms with Crippen molar-refractivity contribution in [3.8, 4) is 17.2 Å². The Morgan fingerprint density at radius 1 is 1.13 bits per heavy atom. The minimum Gasteiger partial charge on any atom is -0.493 e. The zero-order valence-electron chi connectivity index (χ0n) is 14.3. The molecule has 0 unspecified atom stereocenters. The molecule has 0 saturated carbocycles. The van der Waals surface area contributed by atoms with E-state index in [1.165, 1.54) is 0 Å². The lowest BCUT2D eigenvalue weighted by Crippen LogP contribution is -2.17. The molecule has 0 radical (unpaired) electrons. The molecule has 7 heteroatoms. The summed E-state index contributed by atoms with van der Waals surface area (Å²) in [4.78, 5) is 2.06. The average molecular weight is 340 g/mol. The van der Waals surface area contributed by atoms with E-state index in [0.29, 0.717) is 28.9 Å². The smallest absolute Gasteiger partial charge is 0.203 e. The Kier molecular flexibility index (Phi) is 5.26. The van der Waals surface area contributed by atoms with Crippen LogP contribution in [0.4, 0.5) is 5.69 Å². The van der Waals surface area contributed by atoms with Crippen molar-refractivity contribution in [3.63, 3.8) is 0 Å². The van der Waals surface area contributed by atoms with Crippen LogP contribution >= 0.6 is 11.6 Å². The molecular weight excluding hydrogens is 318 g/mol. The SMILES string of the molecule is COc1cc(N(C)Cc2c(C)nn(C)c2Cl)cc(OC)c1OC. The van der Waals surface area contributed by atoms with Gasteiger partial charge in [0.05, 0.1) is 27.0 Å². The van der Waals surface area contributed by atoms with Crippen LogP contribution in [0.2, 0.25) is 5.15 Å². The summed E-state index contributed by atoms with van der Waals surface area (Å²) in [5.41, 5.74) is 2.83. The maximum Gasteiger partial charge on any atom is 0.203 e. The second kappa shape index (κ2) is 7.00. The van der Waals surface area contributed by atoms with E-state index in [1.807, 2.05) is 33.2 Å². The first kappa shape index (κ1) is 17.3. The van der Waals surface area contributed by atoms with Gasteiger partial charge >= 0.3 is 0 Å². The summed E-state index contributed by atoms with van der Waals surface area (Å²) in [5, 5.41) is 4.98. The van der Waals surface area contributed by atoms with E-state index >= 15 is 0 Å². The third-order valence-electron chi connectivity index (χ3n) is 3.76. The van der Waals surface area contributed by atoms with Crippen LogP contribution in [0.15, 0.2) is 12.1 Å². The summed E-state index contributed by atoms with van der Waals surface area (Å²) >= 11 is 6.31. The molecule has 0 spiro atoms. The number of benzene rings is 1. The van der Waals surface area contributed by atoms with Gasteiger partial charge in [-0.15, -0.1) is 0 Å². The van der Waals surface area contributed by atoms with Crippen LogP contribution in [0.3, 0.4) is 0 Å². The molecule has 0 aliphatic carbocycles. The molecule has 2 rings (SSSR count). The zero-order chi connectivity index (χ0) is 17.1. The molecule has 0 fully saturated rings. The van der Waals surface area contributed by atoms with Crippen LogP contribution in [0.1, 0.15) is 11.3 Å². The van der Waals surface area contributed by atoms with E-state index in [2.05, 4.69) is 10.00 Å². The van der Waals surface area contributed by atoms with Gasteiger partial charge in [-0.2, -0.15) is 5.10 Å². The minimum atomic E-state index is 0.572. The van der Waals surface area contributed by atoms with E-state index in [0.717, 1.165) is 16.9 Å². The van der Waals surface area contributed by atoms with E-state index in [4.69, 9.17) is 25.8 Å². The van der Waals surface area contributed by atoms with Crippen molar-refractivity contribution in [1.82, 2.24) is 9.78 Å². The number of methoxy groups -OCH3 is 3. The normalized spacial score (nSPS) is 10.6. The highest BCUT2D eigenvalue weighted by Crippen LogP contribution is 2.41. The molecule has 126 valence electrons. The molecular formula is C16H22ClN3O3. The van der Waals surface area contributed by atoms with Crippen LogP contribution < -0.4 is 19.1 Å². The Morgan fingerprint density at radius 3 is 2.09 bits per heavy atom. The lowest BCUT2D eigenvalue weighted by molar-refractivity contribution is 0.324. The van der Waals surface area contributed by atoms with Gasteiger partial charge in [0.15, 0.2) is 11.5 Å². The molecule has 0 aliphatic rings. The summed E-state index contributed by atoms with van der Waals surface area (Å²) in [5.74, 6) is 1.80. The first-order chi connectivity index (χ1) is 10.9. The van der Waals surface area contributed by atoms with Crippen LogP contribution in [-0.2, 0) is 13.6 Å². The van der Waals surface area contributed by atoms with Gasteiger partial charge in [-0.05, 0) is 6.92 Å². The highest BCUT2D eigenvalue weighted by atomic mass is 35.5. The van der Waals surface area contributed by atoms with E-state index in [1.54, 1.807) is 26.0 Å². The van der Waals surface area contributed by atoms with Gasteiger partial charge in [0.2, 0.25) is 5.75 Å². The lowest BCUT2D eigenvalue weighted by atomic mass is 10.2. The van der Waals surface area contributed by atoms with Crippen molar-refractivity contribution in [2.24, 2.45) is 7.05 Å². The van der Waals surface area contributed by atoms with Crippen LogP contribution in [0.5, 0.6) is 17.2 Å². The Labute approximate surface area is 141 Å². The molecule has 0 atom stereocenters. The number of hydrogen-bond acceptors (Lipinski definition) is 5. The molecule has 1 aromatic heterocycles. The summed E-state index contributed by atoms with van der Waals surface area (Å²) in [7, 11) is 8.59. The number of ether oxygens (including phenoxy) is 3. The molecule has 6 nitrogen and oxygen atoms in total. The van der Waals surface area contributed by atoms with Crippen molar-refractivity contribution in [1.29, 1.82) is 0 Å². The highest BCUT2D eigenvalue weighted by Gasteiger charge is 2.18. The van der Waals surface area contributed by atoms with Crippen molar-refractivity contribution < 1.29 is 14.2 Å². The fourth-order valence-electron chi connectivity index (χ4n) is 2.47. The van der Waals surface area contributed by atoms with Gasteiger partial charge in [0, 0.05) is 44.0 Å². The fraction of sp³-hybridized carbons (Fsp3) is 0.438. The monoisotopic (exact) mass is 339 g/mol. The first-order valence-corrected chi connectivity index (χ1v) is 7.49. The molecule has 1 aromatic carbocycles. The average Bonchev–Trinajstić information content (AvgIpc) is 2.79. The number of halogens is 1. The molecule has 0 amide bonds. The van der Waals surface area contributed by atoms with Crippen molar-refractivity contribution in [2.75, 3.05) is 33.3 Å². The maximum absolute atomic E-state index is 6.31. The number of hydrogen-bond donors (Lipinski definition) is 0. The maximum atomic E-state index is 6.31. The molecule has 2 aromatic rings. The van der Waals surface area contributed by atoms with E-state index < -0.39 is 0 Å². The predicted octanol–water partition coefficient (Wildman–Crippen LogP) is 3.04. The molecule has 0 saturated heterocycles. The number of rotatable bonds is 6. The van der Waals surface area contributed by atoms with Crippen molar-refractivity contribution >= 4 is 17.3 Å². The molecule has 1 heterocycles. The molecule has 0 aliphatic heterocycles. The number of nitrogens with zero attached hydrogens (tertiary/aromatic N) is 3. The second-order valence-corrected chi connectivity index (χ2v) is 5.58. The summed E-state index contributed by atoms with van der Waals surface area (Å²) < 4.78 is 17.8. The van der Waals surface area contributed by atoms with Gasteiger partial charge in [0.1, 0.15) is 5.15 Å². The summed E-state index contributed by atoms with van der Waals surface area (Å²) in [6.45, 7) is 2.57. The Bertz CT molecular complexity index is 675. The molecule has 23 heavy (non-hydrogen) atoms. The van der Waals surface area contributed by atoms with Crippen LogP contribution in [0, 0.1) is 6.92 Å². The van der Waals surface area contributed by atoms with Gasteiger partial charge in [0.25, 0.3) is 0 Å². The van der Waals surface area contributed by atoms with Crippen LogP contribution in [0.25, 0.3) is 0 Å². The fourth-order valence-corrected chi connectivity index (χ4v) is 2.70. The lowest BCUT2D eigenvalue weighted by Gasteiger charge is -2.22. The van der Waals surface area contributed by atoms with E-state index in [9.17, 15) is 0 Å². The number of anilines is 1. The highest BCUT2D eigenvalue weighted by molar-refractivity contribution is 6.30. The molecule has 0 N–H and O–H groups in total. The van der Waals surface area contributed by atoms with Gasteiger partial charge in [-0.3, -0.25) is 4.68 Å². The largest absolute Gasteiger partial charge is 0.493 e. The Hall–Kier alpha value is -2.08. The van der Waals surface area contributed by atoms with Gasteiger partial charge in [-0.25, -0.2) is 0 Å². The van der Waals surface area contributed by atoms with Crippen molar-refractivity contribution in [2.45, 2.75) is 13.5 Å². The Morgan fingerprint density at radius 2 is 1.70 bits per heavy atom. The van der Waals surface area contributed by atoms with Gasteiger partial charge in [-0.1, -0.05) is 11.6 Å². The Balaban J connectivity index is 2.37. The number of aromatic nitrogens is 2. The zero-order valence-corrected chi connectivity index (χ0v) is 15.1. The second-order valence-electron chi connectivity index (χ2n) is 5.22. The van der Waals surface area contributed by atoms with E-state index in [-0.39, 0.29) is 0 Å². The topological polar surface area (TPSA) is 48.8 Å². The summed E-state index contributed by atoms with van der Waals surface area (Å²) in [6, 6.07) is 3.81. The third kappa shape index (κ3) is 3.32. The summed E-state index contributed by atoms with van der Waals surface area (Å²) in [6.07, 6.45) is 0. The standard InChI is InChI=1S/C16H22ClN3O3/c1-10-12(16(17)20(3)18-10)9-19(2)11-7-13(21-4)15(23-6)14(8-11)22-5/h7-8H,9H2,1-6H3. The van der Waals surface area contributed by atoms with Gasteiger partial charge < -0.3 is 19.1 Å². The predicted molar refractivity (Wildman–Crippen MR) is 91.2 cm³/mol.